The minimum Gasteiger partial charge on any atom is -0.225 e. The molecule has 0 aromatic heterocycles. The molecular weight excluding hydrogens is 201 g/mol. The van der Waals surface area contributed by atoms with Crippen molar-refractivity contribution in [1.29, 1.82) is 0 Å². The van der Waals surface area contributed by atoms with Crippen molar-refractivity contribution in [3.05, 3.63) is 29.8 Å². The van der Waals surface area contributed by atoms with Gasteiger partial charge in [-0.2, -0.15) is 0 Å². The van der Waals surface area contributed by atoms with E-state index in [0.717, 1.165) is 0 Å². The van der Waals surface area contributed by atoms with Crippen LogP contribution < -0.4 is 5.14 Å². The van der Waals surface area contributed by atoms with Crippen LogP contribution in [-0.2, 0) is 10.0 Å². The van der Waals surface area contributed by atoms with Crippen molar-refractivity contribution in [2.75, 3.05) is 0 Å². The van der Waals surface area contributed by atoms with Crippen LogP contribution in [0, 0.1) is 6.92 Å². The van der Waals surface area contributed by atoms with Gasteiger partial charge < -0.3 is 0 Å². The molecule has 1 aromatic rings. The maximum Gasteiger partial charge on any atom is 0.238 e. The van der Waals surface area contributed by atoms with Gasteiger partial charge in [-0.05, 0) is 18.6 Å². The number of benzene rings is 1. The van der Waals surface area contributed by atoms with Crippen molar-refractivity contribution in [2.45, 2.75) is 11.8 Å². The van der Waals surface area contributed by atoms with Gasteiger partial charge in [0.15, 0.2) is 0 Å². The second-order valence-electron chi connectivity index (χ2n) is 2.31. The molecule has 0 saturated carbocycles. The number of primary sulfonamides is 1. The van der Waals surface area contributed by atoms with Crippen molar-refractivity contribution in [2.24, 2.45) is 5.14 Å². The van der Waals surface area contributed by atoms with Gasteiger partial charge in [-0.3, -0.25) is 0 Å². The number of rotatable bonds is 1. The standard InChI is InChI=1S/C7H9NO2S.K/c1-6-4-2-3-5-7(6)11(8,9)10;/h2-5H,1H3,(H2,8,9,10);. The Balaban J connectivity index is 0.00000121. The molecule has 0 saturated heterocycles. The van der Waals surface area contributed by atoms with Gasteiger partial charge in [0.25, 0.3) is 0 Å². The quantitative estimate of drug-likeness (QED) is 0.676. The summed E-state index contributed by atoms with van der Waals surface area (Å²) in [6.07, 6.45) is 0. The summed E-state index contributed by atoms with van der Waals surface area (Å²) in [7, 11) is -3.53. The van der Waals surface area contributed by atoms with E-state index in [1.165, 1.54) is 6.07 Å². The van der Waals surface area contributed by atoms with Crippen molar-refractivity contribution in [1.82, 2.24) is 0 Å². The van der Waals surface area contributed by atoms with E-state index < -0.39 is 10.0 Å². The Morgan fingerprint density at radius 2 is 1.75 bits per heavy atom. The second kappa shape index (κ2) is 4.85. The second-order valence-corrected chi connectivity index (χ2v) is 3.84. The summed E-state index contributed by atoms with van der Waals surface area (Å²) in [5, 5.41) is 4.93. The molecule has 0 aliphatic carbocycles. The molecule has 1 rings (SSSR count). The van der Waals surface area contributed by atoms with Crippen LogP contribution in [0.5, 0.6) is 0 Å². The summed E-state index contributed by atoms with van der Waals surface area (Å²) < 4.78 is 21.7. The zero-order valence-electron chi connectivity index (χ0n) is 7.11. The zero-order chi connectivity index (χ0) is 8.48. The van der Waals surface area contributed by atoms with Crippen molar-refractivity contribution >= 4 is 61.4 Å². The molecule has 5 heteroatoms. The van der Waals surface area contributed by atoms with Crippen LogP contribution in [0.2, 0.25) is 0 Å². The smallest absolute Gasteiger partial charge is 0.225 e. The fourth-order valence-electron chi connectivity index (χ4n) is 0.876. The van der Waals surface area contributed by atoms with Crippen LogP contribution >= 0.6 is 0 Å². The predicted octanol–water partition coefficient (Wildman–Crippen LogP) is 0.262. The predicted molar refractivity (Wildman–Crippen MR) is 48.3 cm³/mol. The largest absolute Gasteiger partial charge is 0.238 e. The number of hydrogen-bond acceptors (Lipinski definition) is 2. The molecule has 3 nitrogen and oxygen atoms in total. The van der Waals surface area contributed by atoms with E-state index in [4.69, 9.17) is 5.14 Å². The van der Waals surface area contributed by atoms with Gasteiger partial charge in [0, 0.05) is 51.4 Å². The summed E-state index contributed by atoms with van der Waals surface area (Å²) in [5.74, 6) is 0. The van der Waals surface area contributed by atoms with Crippen LogP contribution in [-0.4, -0.2) is 59.8 Å². The third-order valence-corrected chi connectivity index (χ3v) is 2.47. The molecule has 0 fully saturated rings. The van der Waals surface area contributed by atoms with Crippen LogP contribution in [0.1, 0.15) is 5.56 Å². The maximum absolute atomic E-state index is 10.8. The Kier molecular flexibility index (Phi) is 5.16. The first-order valence-corrected chi connectivity index (χ1v) is 4.65. The fraction of sp³-hybridized carbons (Fsp3) is 0.143. The molecule has 0 aliphatic rings. The van der Waals surface area contributed by atoms with Gasteiger partial charge in [-0.15, -0.1) is 0 Å². The number of hydrogen-bond donors (Lipinski definition) is 1. The SMILES string of the molecule is Cc1ccccc1S(N)(=O)=O.[K]. The Bertz CT molecular complexity index is 361. The molecule has 0 amide bonds. The average Bonchev–Trinajstić information content (AvgIpc) is 1.86. The summed E-state index contributed by atoms with van der Waals surface area (Å²) in [4.78, 5) is 0.194. The maximum atomic E-state index is 10.8. The molecule has 12 heavy (non-hydrogen) atoms. The van der Waals surface area contributed by atoms with Crippen LogP contribution in [0.15, 0.2) is 29.2 Å². The molecule has 1 aromatic carbocycles. The van der Waals surface area contributed by atoms with Crippen LogP contribution in [0.25, 0.3) is 0 Å². The monoisotopic (exact) mass is 210 g/mol. The number of aryl methyl sites for hydroxylation is 1. The zero-order valence-corrected chi connectivity index (χ0v) is 11.1. The van der Waals surface area contributed by atoms with E-state index in [1.807, 2.05) is 0 Å². The van der Waals surface area contributed by atoms with Gasteiger partial charge in [-0.1, -0.05) is 18.2 Å². The topological polar surface area (TPSA) is 60.2 Å². The van der Waals surface area contributed by atoms with Crippen LogP contribution in [0.3, 0.4) is 0 Å². The summed E-state index contributed by atoms with van der Waals surface area (Å²) in [5.41, 5.74) is 0.676. The van der Waals surface area contributed by atoms with Crippen molar-refractivity contribution in [3.8, 4) is 0 Å². The summed E-state index contributed by atoms with van der Waals surface area (Å²) in [6, 6.07) is 6.61. The van der Waals surface area contributed by atoms with Gasteiger partial charge in [-0.25, -0.2) is 13.6 Å². The average molecular weight is 210 g/mol. The molecule has 0 bridgehead atoms. The number of sulfonamides is 1. The first-order valence-electron chi connectivity index (χ1n) is 3.10. The molecule has 0 aliphatic heterocycles. The summed E-state index contributed by atoms with van der Waals surface area (Å²) >= 11 is 0. The van der Waals surface area contributed by atoms with E-state index in [1.54, 1.807) is 25.1 Å². The molecule has 2 N–H and O–H groups in total. The van der Waals surface area contributed by atoms with Gasteiger partial charge in [0.1, 0.15) is 0 Å². The van der Waals surface area contributed by atoms with E-state index in [2.05, 4.69) is 0 Å². The summed E-state index contributed by atoms with van der Waals surface area (Å²) in [6.45, 7) is 1.71. The van der Waals surface area contributed by atoms with E-state index in [9.17, 15) is 8.42 Å². The third kappa shape index (κ3) is 3.25. The molecule has 0 spiro atoms. The van der Waals surface area contributed by atoms with Crippen molar-refractivity contribution in [3.63, 3.8) is 0 Å². The number of nitrogens with two attached hydrogens (primary N) is 1. The fourth-order valence-corrected chi connectivity index (χ4v) is 1.66. The van der Waals surface area contributed by atoms with Gasteiger partial charge in [0.2, 0.25) is 10.0 Å². The first-order chi connectivity index (χ1) is 5.02. The van der Waals surface area contributed by atoms with E-state index in [0.29, 0.717) is 5.56 Å². The first kappa shape index (κ1) is 12.8. The molecule has 0 heterocycles. The Morgan fingerprint density at radius 1 is 1.25 bits per heavy atom. The molecule has 61 valence electrons. The molecule has 1 radical (unpaired) electrons. The third-order valence-electron chi connectivity index (χ3n) is 1.40. The minimum atomic E-state index is -3.53. The normalized spacial score (nSPS) is 10.5. The van der Waals surface area contributed by atoms with Crippen LogP contribution in [0.4, 0.5) is 0 Å². The van der Waals surface area contributed by atoms with Crippen molar-refractivity contribution < 1.29 is 8.42 Å². The van der Waals surface area contributed by atoms with Gasteiger partial charge in [0.05, 0.1) is 4.90 Å². The van der Waals surface area contributed by atoms with Gasteiger partial charge >= 0.3 is 0 Å². The molecule has 0 unspecified atom stereocenters. The van der Waals surface area contributed by atoms with E-state index >= 15 is 0 Å². The molecule has 0 atom stereocenters. The Morgan fingerprint density at radius 3 is 2.08 bits per heavy atom. The molecular formula is C7H9KNO2S. The minimum absolute atomic E-state index is 0. The van der Waals surface area contributed by atoms with E-state index in [-0.39, 0.29) is 56.3 Å². The Hall–Kier alpha value is 0.766. The Labute approximate surface area is 115 Å².